The number of imide groups is 1. The number of benzene rings is 1. The highest BCUT2D eigenvalue weighted by molar-refractivity contribution is 6.06. The molecule has 2 saturated heterocycles. The van der Waals surface area contributed by atoms with Crippen LogP contribution in [-0.2, 0) is 16.1 Å². The minimum atomic E-state index is -0.634. The molecule has 1 aromatic rings. The minimum Gasteiger partial charge on any atom is -0.336 e. The van der Waals surface area contributed by atoms with Crippen molar-refractivity contribution in [1.29, 1.82) is 0 Å². The molecule has 1 N–H and O–H groups in total. The molecule has 26 heavy (non-hydrogen) atoms. The van der Waals surface area contributed by atoms with E-state index in [2.05, 4.69) is 5.32 Å². The van der Waals surface area contributed by atoms with Crippen LogP contribution in [0.2, 0.25) is 0 Å². The Morgan fingerprint density at radius 2 is 2.00 bits per heavy atom. The summed E-state index contributed by atoms with van der Waals surface area (Å²) in [6, 6.07) is 4.74. The van der Waals surface area contributed by atoms with Crippen LogP contribution in [0.1, 0.15) is 58.9 Å². The fourth-order valence-corrected chi connectivity index (χ4v) is 4.11. The maximum atomic E-state index is 12.7. The zero-order valence-electron chi connectivity index (χ0n) is 14.7. The van der Waals surface area contributed by atoms with Crippen LogP contribution in [0.15, 0.2) is 18.2 Å². The normalized spacial score (nSPS) is 25.5. The highest BCUT2D eigenvalue weighted by Crippen LogP contribution is 2.29. The van der Waals surface area contributed by atoms with E-state index in [1.807, 2.05) is 11.8 Å². The summed E-state index contributed by atoms with van der Waals surface area (Å²) in [6.45, 7) is 3.10. The van der Waals surface area contributed by atoms with Crippen molar-refractivity contribution >= 4 is 23.6 Å². The van der Waals surface area contributed by atoms with Gasteiger partial charge in [-0.15, -0.1) is 0 Å². The quantitative estimate of drug-likeness (QED) is 0.804. The molecule has 7 nitrogen and oxygen atoms in total. The van der Waals surface area contributed by atoms with Gasteiger partial charge in [0.2, 0.25) is 11.8 Å². The van der Waals surface area contributed by atoms with Gasteiger partial charge < -0.3 is 9.80 Å². The number of fused-ring (bicyclic) bond motifs is 1. The number of likely N-dealkylation sites (tertiary alicyclic amines) is 1. The van der Waals surface area contributed by atoms with Gasteiger partial charge in [0, 0.05) is 36.7 Å². The monoisotopic (exact) mass is 355 g/mol. The van der Waals surface area contributed by atoms with Crippen molar-refractivity contribution in [1.82, 2.24) is 15.1 Å². The summed E-state index contributed by atoms with van der Waals surface area (Å²) in [7, 11) is 0. The van der Waals surface area contributed by atoms with Crippen LogP contribution in [0, 0.1) is 0 Å². The molecule has 4 amide bonds. The summed E-state index contributed by atoms with van der Waals surface area (Å²) >= 11 is 0. The molecule has 3 aliphatic rings. The van der Waals surface area contributed by atoms with Gasteiger partial charge >= 0.3 is 0 Å². The average Bonchev–Trinajstić information content (AvgIpc) is 3.18. The zero-order valence-corrected chi connectivity index (χ0v) is 14.7. The number of nitrogens with zero attached hydrogens (tertiary/aromatic N) is 2. The first-order valence-corrected chi connectivity index (χ1v) is 9.04. The molecular weight excluding hydrogens is 334 g/mol. The third-order valence-corrected chi connectivity index (χ3v) is 5.58. The van der Waals surface area contributed by atoms with Gasteiger partial charge in [-0.25, -0.2) is 0 Å². The van der Waals surface area contributed by atoms with Gasteiger partial charge in [-0.3, -0.25) is 24.5 Å². The van der Waals surface area contributed by atoms with Gasteiger partial charge in [0.05, 0.1) is 0 Å². The summed E-state index contributed by atoms with van der Waals surface area (Å²) in [5.74, 6) is -0.958. The van der Waals surface area contributed by atoms with Crippen LogP contribution >= 0.6 is 0 Å². The molecular formula is C19H21N3O4. The Morgan fingerprint density at radius 3 is 2.69 bits per heavy atom. The Kier molecular flexibility index (Phi) is 4.01. The van der Waals surface area contributed by atoms with Crippen molar-refractivity contribution in [2.75, 3.05) is 6.54 Å². The number of amides is 4. The lowest BCUT2D eigenvalue weighted by Crippen LogP contribution is -2.52. The maximum absolute atomic E-state index is 12.7. The second-order valence-corrected chi connectivity index (χ2v) is 7.26. The van der Waals surface area contributed by atoms with Crippen LogP contribution in [0.4, 0.5) is 0 Å². The average molecular weight is 355 g/mol. The lowest BCUT2D eigenvalue weighted by molar-refractivity contribution is -0.136. The summed E-state index contributed by atoms with van der Waals surface area (Å²) in [6.07, 6.45) is 2.59. The van der Waals surface area contributed by atoms with E-state index in [-0.39, 0.29) is 36.7 Å². The molecule has 2 fully saturated rings. The van der Waals surface area contributed by atoms with Gasteiger partial charge in [-0.2, -0.15) is 0 Å². The second-order valence-electron chi connectivity index (χ2n) is 7.26. The summed E-state index contributed by atoms with van der Waals surface area (Å²) in [4.78, 5) is 52.2. The fourth-order valence-electron chi connectivity index (χ4n) is 4.11. The molecule has 0 radical (unpaired) electrons. The van der Waals surface area contributed by atoms with Gasteiger partial charge in [-0.05, 0) is 49.9 Å². The lowest BCUT2D eigenvalue weighted by Gasteiger charge is -2.29. The Balaban J connectivity index is 1.56. The van der Waals surface area contributed by atoms with Crippen LogP contribution in [0.3, 0.4) is 0 Å². The number of piperidine rings is 1. The second kappa shape index (κ2) is 6.23. The van der Waals surface area contributed by atoms with Crippen LogP contribution in [0.5, 0.6) is 0 Å². The molecule has 2 atom stereocenters. The number of carbonyl (C=O) groups is 4. The van der Waals surface area contributed by atoms with Gasteiger partial charge in [-0.1, -0.05) is 0 Å². The van der Waals surface area contributed by atoms with E-state index in [0.29, 0.717) is 17.5 Å². The molecule has 0 bridgehead atoms. The number of hydrogen-bond acceptors (Lipinski definition) is 4. The third kappa shape index (κ3) is 2.67. The first kappa shape index (κ1) is 16.8. The van der Waals surface area contributed by atoms with E-state index in [4.69, 9.17) is 0 Å². The van der Waals surface area contributed by atoms with Crippen molar-refractivity contribution in [2.24, 2.45) is 0 Å². The molecule has 3 aliphatic heterocycles. The van der Waals surface area contributed by atoms with Crippen molar-refractivity contribution in [2.45, 2.75) is 51.2 Å². The molecule has 1 unspecified atom stereocenters. The summed E-state index contributed by atoms with van der Waals surface area (Å²) in [5, 5.41) is 2.29. The van der Waals surface area contributed by atoms with Gasteiger partial charge in [0.25, 0.3) is 11.8 Å². The number of nitrogens with one attached hydrogen (secondary N) is 1. The molecule has 0 spiro atoms. The fraction of sp³-hybridized carbons (Fsp3) is 0.474. The molecule has 7 heteroatoms. The van der Waals surface area contributed by atoms with Crippen LogP contribution in [-0.4, -0.2) is 52.1 Å². The van der Waals surface area contributed by atoms with E-state index in [9.17, 15) is 19.2 Å². The maximum Gasteiger partial charge on any atom is 0.255 e. The molecule has 0 saturated carbocycles. The largest absolute Gasteiger partial charge is 0.336 e. The first-order chi connectivity index (χ1) is 12.5. The predicted octanol–water partition coefficient (Wildman–Crippen LogP) is 1.07. The number of carbonyl (C=O) groups excluding carboxylic acids is 4. The Hall–Kier alpha value is -2.70. The minimum absolute atomic E-state index is 0.00953. The summed E-state index contributed by atoms with van der Waals surface area (Å²) < 4.78 is 0. The topological polar surface area (TPSA) is 86.8 Å². The van der Waals surface area contributed by atoms with Gasteiger partial charge in [0.15, 0.2) is 0 Å². The number of rotatable bonds is 2. The SMILES string of the molecule is C[C@H]1CCCN1C(=O)c1ccc2c(c1)CN(C1CCC(=O)NC1=O)C2=O. The van der Waals surface area contributed by atoms with Crippen molar-refractivity contribution in [3.8, 4) is 0 Å². The van der Waals surface area contributed by atoms with Crippen LogP contribution in [0.25, 0.3) is 0 Å². The lowest BCUT2D eigenvalue weighted by atomic mass is 10.0. The molecule has 4 rings (SSSR count). The first-order valence-electron chi connectivity index (χ1n) is 9.04. The van der Waals surface area contributed by atoms with E-state index in [1.165, 1.54) is 4.90 Å². The Labute approximate surface area is 151 Å². The third-order valence-electron chi connectivity index (χ3n) is 5.58. The predicted molar refractivity (Wildman–Crippen MR) is 92.2 cm³/mol. The van der Waals surface area contributed by atoms with E-state index in [1.54, 1.807) is 18.2 Å². The standard InChI is InChI=1S/C19H21N3O4/c1-11-3-2-8-21(11)18(25)12-4-5-14-13(9-12)10-22(19(14)26)15-6-7-16(23)20-17(15)24/h4-5,9,11,15H,2-3,6-8,10H2,1H3,(H,20,23,24)/t11-,15?/m0/s1. The molecule has 136 valence electrons. The van der Waals surface area contributed by atoms with E-state index < -0.39 is 11.9 Å². The van der Waals surface area contributed by atoms with Gasteiger partial charge in [0.1, 0.15) is 6.04 Å². The molecule has 1 aromatic carbocycles. The van der Waals surface area contributed by atoms with Crippen molar-refractivity contribution in [3.05, 3.63) is 34.9 Å². The zero-order chi connectivity index (χ0) is 18.4. The highest BCUT2D eigenvalue weighted by Gasteiger charge is 2.39. The summed E-state index contributed by atoms with van der Waals surface area (Å²) in [5.41, 5.74) is 1.87. The van der Waals surface area contributed by atoms with Crippen LogP contribution < -0.4 is 5.32 Å². The van der Waals surface area contributed by atoms with Crippen molar-refractivity contribution < 1.29 is 19.2 Å². The van der Waals surface area contributed by atoms with E-state index >= 15 is 0 Å². The number of hydrogen-bond donors (Lipinski definition) is 1. The Morgan fingerprint density at radius 1 is 1.19 bits per heavy atom. The Bertz CT molecular complexity index is 819. The smallest absolute Gasteiger partial charge is 0.255 e. The molecule has 0 aliphatic carbocycles. The highest BCUT2D eigenvalue weighted by atomic mass is 16.2. The molecule has 3 heterocycles. The van der Waals surface area contributed by atoms with Crippen molar-refractivity contribution in [3.63, 3.8) is 0 Å². The van der Waals surface area contributed by atoms with E-state index in [0.717, 1.165) is 24.9 Å². The molecule has 0 aromatic heterocycles.